The molecule has 2 rings (SSSR count). The summed E-state index contributed by atoms with van der Waals surface area (Å²) in [5.74, 6) is 0.455. The van der Waals surface area contributed by atoms with Crippen LogP contribution < -0.4 is 11.1 Å². The molecule has 1 amide bonds. The zero-order valence-electron chi connectivity index (χ0n) is 12.1. The van der Waals surface area contributed by atoms with E-state index in [0.717, 1.165) is 5.56 Å². The molecule has 0 aliphatic rings. The predicted molar refractivity (Wildman–Crippen MR) is 78.4 cm³/mol. The van der Waals surface area contributed by atoms with E-state index in [1.54, 1.807) is 6.07 Å². The van der Waals surface area contributed by atoms with Gasteiger partial charge in [-0.1, -0.05) is 18.2 Å². The molecule has 0 aliphatic carbocycles. The number of nitrogens with two attached hydrogens (primary N) is 1. The maximum absolute atomic E-state index is 12.1. The van der Waals surface area contributed by atoms with Gasteiger partial charge in [0.25, 0.3) is 5.91 Å². The quantitative estimate of drug-likeness (QED) is 0.899. The fourth-order valence-electron chi connectivity index (χ4n) is 2.21. The van der Waals surface area contributed by atoms with Crippen molar-refractivity contribution >= 4 is 5.91 Å². The van der Waals surface area contributed by atoms with Crippen molar-refractivity contribution in [3.05, 3.63) is 58.5 Å². The molecule has 4 heteroatoms. The number of nitrogens with one attached hydrogen (secondary N) is 1. The molecule has 0 saturated heterocycles. The van der Waals surface area contributed by atoms with Crippen LogP contribution in [0.2, 0.25) is 0 Å². The van der Waals surface area contributed by atoms with Crippen LogP contribution in [0.3, 0.4) is 0 Å². The Morgan fingerprint density at radius 2 is 2.15 bits per heavy atom. The van der Waals surface area contributed by atoms with Gasteiger partial charge in [-0.2, -0.15) is 0 Å². The summed E-state index contributed by atoms with van der Waals surface area (Å²) in [5, 5.41) is 2.98. The number of hydrogen-bond donors (Lipinski definition) is 2. The van der Waals surface area contributed by atoms with Crippen molar-refractivity contribution in [2.45, 2.75) is 33.4 Å². The van der Waals surface area contributed by atoms with Crippen molar-refractivity contribution in [2.75, 3.05) is 0 Å². The molecule has 1 atom stereocenters. The molecule has 0 radical (unpaired) electrons. The molecule has 3 N–H and O–H groups in total. The zero-order valence-corrected chi connectivity index (χ0v) is 12.1. The van der Waals surface area contributed by atoms with Gasteiger partial charge in [-0.25, -0.2) is 0 Å². The average Bonchev–Trinajstić information content (AvgIpc) is 2.90. The first-order valence-electron chi connectivity index (χ1n) is 6.67. The van der Waals surface area contributed by atoms with Gasteiger partial charge in [0.15, 0.2) is 0 Å². The van der Waals surface area contributed by atoms with E-state index in [0.29, 0.717) is 17.9 Å². The van der Waals surface area contributed by atoms with Gasteiger partial charge in [-0.15, -0.1) is 0 Å². The molecule has 2 aromatic rings. The maximum Gasteiger partial charge on any atom is 0.255 e. The summed E-state index contributed by atoms with van der Waals surface area (Å²) in [6.07, 6.45) is 1.44. The Balaban J connectivity index is 2.13. The first-order valence-corrected chi connectivity index (χ1v) is 6.67. The second-order valence-electron chi connectivity index (χ2n) is 4.99. The summed E-state index contributed by atoms with van der Waals surface area (Å²) in [7, 11) is 0. The van der Waals surface area contributed by atoms with E-state index in [4.69, 9.17) is 10.2 Å². The van der Waals surface area contributed by atoms with Crippen LogP contribution in [0.1, 0.15) is 45.8 Å². The van der Waals surface area contributed by atoms with Crippen molar-refractivity contribution in [1.82, 2.24) is 5.32 Å². The summed E-state index contributed by atoms with van der Waals surface area (Å²) in [6.45, 7) is 6.40. The molecule has 0 saturated carbocycles. The number of carbonyl (C=O) groups is 1. The summed E-state index contributed by atoms with van der Waals surface area (Å²) < 4.78 is 5.18. The Hall–Kier alpha value is -2.07. The SMILES string of the molecule is Cc1cccc(C(C)NC(=O)c2coc(CN)c2)c1C. The predicted octanol–water partition coefficient (Wildman–Crippen LogP) is 2.85. The molecule has 1 aromatic carbocycles. The van der Waals surface area contributed by atoms with Gasteiger partial charge < -0.3 is 15.5 Å². The molecule has 4 nitrogen and oxygen atoms in total. The fraction of sp³-hybridized carbons (Fsp3) is 0.312. The van der Waals surface area contributed by atoms with Crippen LogP contribution >= 0.6 is 0 Å². The fourth-order valence-corrected chi connectivity index (χ4v) is 2.21. The van der Waals surface area contributed by atoms with E-state index < -0.39 is 0 Å². The number of benzene rings is 1. The minimum absolute atomic E-state index is 0.0568. The van der Waals surface area contributed by atoms with E-state index in [1.165, 1.54) is 17.4 Å². The normalized spacial score (nSPS) is 12.2. The number of furan rings is 1. The van der Waals surface area contributed by atoms with Crippen LogP contribution in [0.25, 0.3) is 0 Å². The molecular formula is C16H20N2O2. The monoisotopic (exact) mass is 272 g/mol. The molecule has 1 heterocycles. The minimum Gasteiger partial charge on any atom is -0.467 e. The largest absolute Gasteiger partial charge is 0.467 e. The highest BCUT2D eigenvalue weighted by molar-refractivity contribution is 5.94. The second kappa shape index (κ2) is 5.92. The van der Waals surface area contributed by atoms with Crippen LogP contribution in [-0.2, 0) is 6.54 Å². The Kier molecular flexibility index (Phi) is 4.25. The minimum atomic E-state index is -0.151. The van der Waals surface area contributed by atoms with E-state index in [-0.39, 0.29) is 11.9 Å². The van der Waals surface area contributed by atoms with Gasteiger partial charge in [0.2, 0.25) is 0 Å². The molecule has 106 valence electrons. The van der Waals surface area contributed by atoms with Gasteiger partial charge in [0.1, 0.15) is 12.0 Å². The van der Waals surface area contributed by atoms with E-state index in [2.05, 4.69) is 25.2 Å². The maximum atomic E-state index is 12.1. The summed E-state index contributed by atoms with van der Waals surface area (Å²) in [4.78, 5) is 12.1. The van der Waals surface area contributed by atoms with Crippen LogP contribution in [0, 0.1) is 13.8 Å². The van der Waals surface area contributed by atoms with E-state index in [9.17, 15) is 4.79 Å². The van der Waals surface area contributed by atoms with Crippen molar-refractivity contribution in [1.29, 1.82) is 0 Å². The molecule has 1 aromatic heterocycles. The van der Waals surface area contributed by atoms with Crippen LogP contribution in [0.4, 0.5) is 0 Å². The number of amides is 1. The summed E-state index contributed by atoms with van der Waals surface area (Å²) >= 11 is 0. The lowest BCUT2D eigenvalue weighted by atomic mass is 9.98. The lowest BCUT2D eigenvalue weighted by Crippen LogP contribution is -2.26. The first-order chi connectivity index (χ1) is 9.52. The summed E-state index contributed by atoms with van der Waals surface area (Å²) in [6, 6.07) is 7.72. The number of carbonyl (C=O) groups excluding carboxylic acids is 1. The number of rotatable bonds is 4. The van der Waals surface area contributed by atoms with Gasteiger partial charge in [0, 0.05) is 0 Å². The standard InChI is InChI=1S/C16H20N2O2/c1-10-5-4-6-15(11(10)2)12(3)18-16(19)13-7-14(8-17)20-9-13/h4-7,9,12H,8,17H2,1-3H3,(H,18,19). The highest BCUT2D eigenvalue weighted by Crippen LogP contribution is 2.20. The van der Waals surface area contributed by atoms with Crippen molar-refractivity contribution in [3.8, 4) is 0 Å². The van der Waals surface area contributed by atoms with Crippen LogP contribution in [-0.4, -0.2) is 5.91 Å². The van der Waals surface area contributed by atoms with Crippen LogP contribution in [0.15, 0.2) is 34.9 Å². The Morgan fingerprint density at radius 1 is 1.40 bits per heavy atom. The molecule has 0 bridgehead atoms. The van der Waals surface area contributed by atoms with Gasteiger partial charge >= 0.3 is 0 Å². The number of aryl methyl sites for hydroxylation is 1. The highest BCUT2D eigenvalue weighted by Gasteiger charge is 2.15. The smallest absolute Gasteiger partial charge is 0.255 e. The van der Waals surface area contributed by atoms with E-state index >= 15 is 0 Å². The number of hydrogen-bond acceptors (Lipinski definition) is 3. The third kappa shape index (κ3) is 2.91. The molecule has 0 aliphatic heterocycles. The van der Waals surface area contributed by atoms with Gasteiger partial charge in [-0.05, 0) is 43.5 Å². The Bertz CT molecular complexity index is 617. The van der Waals surface area contributed by atoms with E-state index in [1.807, 2.05) is 19.1 Å². The topological polar surface area (TPSA) is 68.3 Å². The lowest BCUT2D eigenvalue weighted by molar-refractivity contribution is 0.0939. The van der Waals surface area contributed by atoms with Crippen molar-refractivity contribution in [2.24, 2.45) is 5.73 Å². The first kappa shape index (κ1) is 14.3. The molecular weight excluding hydrogens is 252 g/mol. The third-order valence-electron chi connectivity index (χ3n) is 3.58. The lowest BCUT2D eigenvalue weighted by Gasteiger charge is -2.17. The van der Waals surface area contributed by atoms with Gasteiger partial charge in [0.05, 0.1) is 18.2 Å². The summed E-state index contributed by atoms with van der Waals surface area (Å²) in [5.41, 5.74) is 9.52. The zero-order chi connectivity index (χ0) is 14.7. The average molecular weight is 272 g/mol. The molecule has 0 spiro atoms. The highest BCUT2D eigenvalue weighted by atomic mass is 16.3. The molecule has 20 heavy (non-hydrogen) atoms. The van der Waals surface area contributed by atoms with Gasteiger partial charge in [-0.3, -0.25) is 4.79 Å². The van der Waals surface area contributed by atoms with Crippen LogP contribution in [0.5, 0.6) is 0 Å². The molecule has 0 fully saturated rings. The Morgan fingerprint density at radius 3 is 2.80 bits per heavy atom. The third-order valence-corrected chi connectivity index (χ3v) is 3.58. The van der Waals surface area contributed by atoms with Crippen molar-refractivity contribution < 1.29 is 9.21 Å². The Labute approximate surface area is 119 Å². The molecule has 1 unspecified atom stereocenters. The second-order valence-corrected chi connectivity index (χ2v) is 4.99. The van der Waals surface area contributed by atoms with Crippen molar-refractivity contribution in [3.63, 3.8) is 0 Å².